The van der Waals surface area contributed by atoms with Gasteiger partial charge in [0, 0.05) is 20.4 Å². The van der Waals surface area contributed by atoms with E-state index < -0.39 is 10.8 Å². The standard InChI is InChI=1S/C13H15Cl2N3OS/c1-7-6-9(14)8(2)17(3)12(7)11-10(15)13(20(5)19)18(4)16-11/h6H,2H2,1,3-5H3. The molecule has 0 aliphatic carbocycles. The normalized spacial score (nSPS) is 17.6. The molecule has 108 valence electrons. The van der Waals surface area contributed by atoms with Gasteiger partial charge >= 0.3 is 0 Å². The van der Waals surface area contributed by atoms with E-state index >= 15 is 0 Å². The van der Waals surface area contributed by atoms with Gasteiger partial charge in [-0.25, -0.2) is 0 Å². The third-order valence-corrected chi connectivity index (χ3v) is 4.98. The average Bonchev–Trinajstić information content (AvgIpc) is 2.62. The molecule has 0 spiro atoms. The Morgan fingerprint density at radius 3 is 2.45 bits per heavy atom. The number of hydrogen-bond donors (Lipinski definition) is 0. The van der Waals surface area contributed by atoms with Crippen LogP contribution in [-0.4, -0.2) is 32.2 Å². The van der Waals surface area contributed by atoms with Gasteiger partial charge in [0.05, 0.1) is 27.2 Å². The van der Waals surface area contributed by atoms with Crippen molar-refractivity contribution >= 4 is 39.7 Å². The Labute approximate surface area is 130 Å². The number of halogens is 2. The van der Waals surface area contributed by atoms with Gasteiger partial charge in [-0.05, 0) is 18.6 Å². The molecule has 1 aromatic rings. The summed E-state index contributed by atoms with van der Waals surface area (Å²) in [5.41, 5.74) is 3.00. The van der Waals surface area contributed by atoms with Gasteiger partial charge in [-0.2, -0.15) is 5.10 Å². The number of nitrogens with zero attached hydrogens (tertiary/aromatic N) is 3. The summed E-state index contributed by atoms with van der Waals surface area (Å²) in [6, 6.07) is 0. The third-order valence-electron chi connectivity index (χ3n) is 3.17. The van der Waals surface area contributed by atoms with Gasteiger partial charge in [-0.3, -0.25) is 8.89 Å². The lowest BCUT2D eigenvalue weighted by atomic mass is 10.1. The zero-order chi connectivity index (χ0) is 15.2. The Bertz CT molecular complexity index is 688. The monoisotopic (exact) mass is 331 g/mol. The smallest absolute Gasteiger partial charge is 0.144 e. The molecule has 0 saturated carbocycles. The second-order valence-electron chi connectivity index (χ2n) is 4.58. The van der Waals surface area contributed by atoms with E-state index in [4.69, 9.17) is 23.2 Å². The number of allylic oxidation sites excluding steroid dienone is 3. The third kappa shape index (κ3) is 2.34. The topological polar surface area (TPSA) is 38.1 Å². The molecule has 1 aliphatic heterocycles. The zero-order valence-corrected chi connectivity index (χ0v) is 14.0. The van der Waals surface area contributed by atoms with Crippen LogP contribution in [0.5, 0.6) is 0 Å². The van der Waals surface area contributed by atoms with Crippen molar-refractivity contribution in [3.8, 4) is 0 Å². The summed E-state index contributed by atoms with van der Waals surface area (Å²) in [4.78, 5) is 1.84. The average molecular weight is 332 g/mol. The fourth-order valence-electron chi connectivity index (χ4n) is 2.19. The van der Waals surface area contributed by atoms with Crippen molar-refractivity contribution in [3.05, 3.63) is 39.7 Å². The van der Waals surface area contributed by atoms with Gasteiger partial charge in [0.2, 0.25) is 0 Å². The number of aryl methyl sites for hydroxylation is 1. The summed E-state index contributed by atoms with van der Waals surface area (Å²) in [6.45, 7) is 5.86. The molecule has 4 nitrogen and oxygen atoms in total. The summed E-state index contributed by atoms with van der Waals surface area (Å²) in [5.74, 6) is 0. The number of rotatable bonds is 2. The Balaban J connectivity index is 2.68. The van der Waals surface area contributed by atoms with Crippen molar-refractivity contribution in [2.24, 2.45) is 7.05 Å². The molecular formula is C13H15Cl2N3OS. The fourth-order valence-corrected chi connectivity index (χ4v) is 3.82. The number of hydrogen-bond acceptors (Lipinski definition) is 3. The molecule has 0 aromatic carbocycles. The molecule has 7 heteroatoms. The van der Waals surface area contributed by atoms with Gasteiger partial charge in [-0.15, -0.1) is 0 Å². The predicted molar refractivity (Wildman–Crippen MR) is 84.0 cm³/mol. The largest absolute Gasteiger partial charge is 0.342 e. The minimum atomic E-state index is -1.21. The molecule has 0 bridgehead atoms. The first-order chi connectivity index (χ1) is 9.25. The molecule has 0 amide bonds. The molecule has 1 atom stereocenters. The van der Waals surface area contributed by atoms with Crippen LogP contribution >= 0.6 is 23.2 Å². The molecule has 2 heterocycles. The van der Waals surface area contributed by atoms with Crippen LogP contribution in [0.15, 0.2) is 34.0 Å². The highest BCUT2D eigenvalue weighted by Crippen LogP contribution is 2.38. The van der Waals surface area contributed by atoms with Gasteiger partial charge < -0.3 is 4.90 Å². The highest BCUT2D eigenvalue weighted by atomic mass is 35.5. The second kappa shape index (κ2) is 5.39. The summed E-state index contributed by atoms with van der Waals surface area (Å²) in [7, 11) is 2.37. The summed E-state index contributed by atoms with van der Waals surface area (Å²) >= 11 is 12.5. The molecular weight excluding hydrogens is 317 g/mol. The summed E-state index contributed by atoms with van der Waals surface area (Å²) in [6.07, 6.45) is 3.40. The van der Waals surface area contributed by atoms with Gasteiger partial charge in [-0.1, -0.05) is 29.8 Å². The molecule has 0 N–H and O–H groups in total. The van der Waals surface area contributed by atoms with E-state index in [1.54, 1.807) is 18.0 Å². The fraction of sp³-hybridized carbons (Fsp3) is 0.308. The van der Waals surface area contributed by atoms with E-state index in [0.717, 1.165) is 11.3 Å². The van der Waals surface area contributed by atoms with Crippen LogP contribution in [0.2, 0.25) is 5.02 Å². The second-order valence-corrected chi connectivity index (χ2v) is 6.66. The maximum absolute atomic E-state index is 11.7. The molecule has 1 aliphatic rings. The molecule has 1 aromatic heterocycles. The van der Waals surface area contributed by atoms with Gasteiger partial charge in [0.1, 0.15) is 15.7 Å². The van der Waals surface area contributed by atoms with Crippen LogP contribution in [0, 0.1) is 0 Å². The molecule has 0 radical (unpaired) electrons. The number of aromatic nitrogens is 2. The first-order valence-corrected chi connectivity index (χ1v) is 8.14. The lowest BCUT2D eigenvalue weighted by Gasteiger charge is -2.28. The lowest BCUT2D eigenvalue weighted by molar-refractivity contribution is 0.597. The molecule has 0 saturated heterocycles. The van der Waals surface area contributed by atoms with Crippen molar-refractivity contribution in [2.45, 2.75) is 11.9 Å². The maximum Gasteiger partial charge on any atom is 0.144 e. The maximum atomic E-state index is 11.7. The van der Waals surface area contributed by atoms with Crippen LogP contribution in [0.1, 0.15) is 12.6 Å². The summed E-state index contributed by atoms with van der Waals surface area (Å²) < 4.78 is 13.3. The predicted octanol–water partition coefficient (Wildman–Crippen LogP) is 3.12. The van der Waals surface area contributed by atoms with E-state index in [1.807, 2.05) is 24.9 Å². The van der Waals surface area contributed by atoms with E-state index in [-0.39, 0.29) is 0 Å². The Kier molecular flexibility index (Phi) is 4.14. The molecule has 0 fully saturated rings. The quantitative estimate of drug-likeness (QED) is 0.835. The van der Waals surface area contributed by atoms with Crippen molar-refractivity contribution in [1.29, 1.82) is 0 Å². The van der Waals surface area contributed by atoms with Crippen molar-refractivity contribution < 1.29 is 4.21 Å². The van der Waals surface area contributed by atoms with E-state index in [2.05, 4.69) is 11.7 Å². The van der Waals surface area contributed by atoms with E-state index in [1.165, 1.54) is 0 Å². The van der Waals surface area contributed by atoms with Gasteiger partial charge in [0.25, 0.3) is 0 Å². The van der Waals surface area contributed by atoms with Gasteiger partial charge in [0.15, 0.2) is 0 Å². The van der Waals surface area contributed by atoms with E-state index in [0.29, 0.717) is 26.5 Å². The van der Waals surface area contributed by atoms with Crippen LogP contribution < -0.4 is 0 Å². The lowest BCUT2D eigenvalue weighted by Crippen LogP contribution is -2.20. The highest BCUT2D eigenvalue weighted by Gasteiger charge is 2.27. The molecule has 20 heavy (non-hydrogen) atoms. The van der Waals surface area contributed by atoms with Crippen molar-refractivity contribution in [1.82, 2.24) is 14.7 Å². The van der Waals surface area contributed by atoms with Crippen LogP contribution in [-0.2, 0) is 17.8 Å². The van der Waals surface area contributed by atoms with Crippen molar-refractivity contribution in [3.63, 3.8) is 0 Å². The van der Waals surface area contributed by atoms with Crippen LogP contribution in [0.4, 0.5) is 0 Å². The molecule has 2 rings (SSSR count). The highest BCUT2D eigenvalue weighted by molar-refractivity contribution is 7.84. The molecule has 1 unspecified atom stereocenters. The minimum Gasteiger partial charge on any atom is -0.342 e. The van der Waals surface area contributed by atoms with Crippen LogP contribution in [0.3, 0.4) is 0 Å². The Morgan fingerprint density at radius 2 is 1.95 bits per heavy atom. The van der Waals surface area contributed by atoms with Crippen LogP contribution in [0.25, 0.3) is 5.70 Å². The van der Waals surface area contributed by atoms with Crippen molar-refractivity contribution in [2.75, 3.05) is 13.3 Å². The Morgan fingerprint density at radius 1 is 1.35 bits per heavy atom. The Hall–Kier alpha value is -1.04. The summed E-state index contributed by atoms with van der Waals surface area (Å²) in [5, 5.41) is 5.88. The van der Waals surface area contributed by atoms with E-state index in [9.17, 15) is 4.21 Å². The first-order valence-electron chi connectivity index (χ1n) is 5.83. The number of likely N-dealkylation sites (N-methyl/N-ethyl adjacent to an activating group) is 1. The first kappa shape index (κ1) is 15.4. The zero-order valence-electron chi connectivity index (χ0n) is 11.7. The SMILES string of the molecule is C=C1C(Cl)=CC(C)=C(c2nn(C)c(S(C)=O)c2Cl)N1C. The minimum absolute atomic E-state index is 0.397.